The molecule has 0 saturated heterocycles. The number of carbonyl (C=O) groups excluding carboxylic acids is 1. The van der Waals surface area contributed by atoms with E-state index in [0.717, 1.165) is 4.31 Å². The molecule has 3 rings (SSSR count). The van der Waals surface area contributed by atoms with Crippen molar-refractivity contribution >= 4 is 56.4 Å². The number of likely N-dealkylation sites (N-methyl/N-ethyl adjacent to an activating group) is 1. The number of hydrogen-bond donors (Lipinski definition) is 1. The highest BCUT2D eigenvalue weighted by Crippen LogP contribution is 2.35. The van der Waals surface area contributed by atoms with Crippen molar-refractivity contribution in [2.24, 2.45) is 0 Å². The van der Waals surface area contributed by atoms with Crippen molar-refractivity contribution in [3.05, 3.63) is 45.4 Å². The molecule has 0 saturated carbocycles. The Morgan fingerprint density at radius 1 is 1.07 bits per heavy atom. The Labute approximate surface area is 183 Å². The quantitative estimate of drug-likeness (QED) is 0.675. The topological polar surface area (TPSA) is 84.9 Å². The van der Waals surface area contributed by atoms with Crippen molar-refractivity contribution in [2.45, 2.75) is 11.8 Å². The van der Waals surface area contributed by atoms with Gasteiger partial charge in [0.15, 0.2) is 11.5 Å². The largest absolute Gasteiger partial charge is 0.486 e. The second-order valence-electron chi connectivity index (χ2n) is 6.04. The molecule has 0 fully saturated rings. The molecular formula is C18H17Cl3N2O5S. The number of hydrogen-bond acceptors (Lipinski definition) is 5. The van der Waals surface area contributed by atoms with Crippen LogP contribution in [0.5, 0.6) is 11.5 Å². The van der Waals surface area contributed by atoms with Gasteiger partial charge < -0.3 is 14.8 Å². The zero-order valence-electron chi connectivity index (χ0n) is 15.2. The van der Waals surface area contributed by atoms with Crippen LogP contribution in [-0.4, -0.2) is 44.9 Å². The summed E-state index contributed by atoms with van der Waals surface area (Å²) in [7, 11) is -4.13. The summed E-state index contributed by atoms with van der Waals surface area (Å²) < 4.78 is 37.9. The van der Waals surface area contributed by atoms with Gasteiger partial charge in [-0.2, -0.15) is 4.31 Å². The predicted molar refractivity (Wildman–Crippen MR) is 112 cm³/mol. The predicted octanol–water partition coefficient (Wildman–Crippen LogP) is 4.07. The van der Waals surface area contributed by atoms with Gasteiger partial charge in [0.25, 0.3) is 0 Å². The van der Waals surface area contributed by atoms with E-state index in [4.69, 9.17) is 44.3 Å². The average molecular weight is 480 g/mol. The lowest BCUT2D eigenvalue weighted by Crippen LogP contribution is -2.38. The highest BCUT2D eigenvalue weighted by molar-refractivity contribution is 7.89. The number of carbonyl (C=O) groups is 1. The van der Waals surface area contributed by atoms with Crippen LogP contribution in [0.25, 0.3) is 0 Å². The van der Waals surface area contributed by atoms with Crippen LogP contribution in [0.15, 0.2) is 35.2 Å². The summed E-state index contributed by atoms with van der Waals surface area (Å²) in [6, 6.07) is 7.49. The zero-order chi connectivity index (χ0) is 21.2. The lowest BCUT2D eigenvalue weighted by Gasteiger charge is -2.22. The van der Waals surface area contributed by atoms with E-state index in [0.29, 0.717) is 30.4 Å². The van der Waals surface area contributed by atoms with Gasteiger partial charge in [-0.25, -0.2) is 8.42 Å². The minimum atomic E-state index is -4.13. The molecule has 156 valence electrons. The van der Waals surface area contributed by atoms with E-state index in [1.807, 2.05) is 0 Å². The zero-order valence-corrected chi connectivity index (χ0v) is 18.3. The third-order valence-electron chi connectivity index (χ3n) is 4.06. The fraction of sp³-hybridized carbons (Fsp3) is 0.278. The van der Waals surface area contributed by atoms with Crippen LogP contribution in [0.4, 0.5) is 5.69 Å². The number of amides is 1. The van der Waals surface area contributed by atoms with Gasteiger partial charge in [-0.15, -0.1) is 0 Å². The standard InChI is InChI=1S/C18H17Cl3N2O5S/c1-2-23(29(25,26)18-13(20)7-11(19)8-14(18)21)10-17(24)22-12-3-4-15-16(9-12)28-6-5-27-15/h3-4,7-9H,2,5-6,10H2,1H3,(H,22,24). The number of anilines is 1. The first-order valence-corrected chi connectivity index (χ1v) is 11.1. The molecule has 0 spiro atoms. The molecule has 7 nitrogen and oxygen atoms in total. The maximum Gasteiger partial charge on any atom is 0.246 e. The molecule has 11 heteroatoms. The molecule has 1 amide bonds. The van der Waals surface area contributed by atoms with Gasteiger partial charge >= 0.3 is 0 Å². The van der Waals surface area contributed by atoms with Gasteiger partial charge in [0, 0.05) is 23.3 Å². The smallest absolute Gasteiger partial charge is 0.246 e. The van der Waals surface area contributed by atoms with E-state index in [9.17, 15) is 13.2 Å². The first-order valence-electron chi connectivity index (χ1n) is 8.56. The van der Waals surface area contributed by atoms with Crippen LogP contribution < -0.4 is 14.8 Å². The van der Waals surface area contributed by atoms with Crippen molar-refractivity contribution in [3.63, 3.8) is 0 Å². The van der Waals surface area contributed by atoms with Gasteiger partial charge in [0.1, 0.15) is 18.1 Å². The Morgan fingerprint density at radius 2 is 1.69 bits per heavy atom. The fourth-order valence-corrected chi connectivity index (χ4v) is 5.65. The summed E-state index contributed by atoms with van der Waals surface area (Å²) in [5.41, 5.74) is 0.454. The lowest BCUT2D eigenvalue weighted by atomic mass is 10.2. The van der Waals surface area contributed by atoms with Gasteiger partial charge in [-0.3, -0.25) is 4.79 Å². The van der Waals surface area contributed by atoms with Crippen molar-refractivity contribution < 1.29 is 22.7 Å². The monoisotopic (exact) mass is 478 g/mol. The molecule has 0 atom stereocenters. The van der Waals surface area contributed by atoms with Crippen molar-refractivity contribution in [3.8, 4) is 11.5 Å². The van der Waals surface area contributed by atoms with Crippen molar-refractivity contribution in [1.29, 1.82) is 0 Å². The summed E-state index contributed by atoms with van der Waals surface area (Å²) in [5, 5.41) is 2.62. The summed E-state index contributed by atoms with van der Waals surface area (Å²) >= 11 is 18.0. The minimum Gasteiger partial charge on any atom is -0.486 e. The first-order chi connectivity index (χ1) is 13.7. The maximum absolute atomic E-state index is 13.0. The van der Waals surface area contributed by atoms with E-state index in [-0.39, 0.29) is 26.5 Å². The Hall–Kier alpha value is -1.71. The summed E-state index contributed by atoms with van der Waals surface area (Å²) in [4.78, 5) is 12.2. The molecule has 29 heavy (non-hydrogen) atoms. The number of fused-ring (bicyclic) bond motifs is 1. The van der Waals surface area contributed by atoms with E-state index >= 15 is 0 Å². The molecule has 0 bridgehead atoms. The highest BCUT2D eigenvalue weighted by atomic mass is 35.5. The second kappa shape index (κ2) is 8.97. The van der Waals surface area contributed by atoms with Gasteiger partial charge in [-0.05, 0) is 24.3 Å². The fourth-order valence-electron chi connectivity index (χ4n) is 2.75. The molecule has 0 aliphatic carbocycles. The summed E-state index contributed by atoms with van der Waals surface area (Å²) in [5.74, 6) is 0.557. The second-order valence-corrected chi connectivity index (χ2v) is 9.16. The molecule has 2 aromatic rings. The van der Waals surface area contributed by atoms with E-state index in [1.165, 1.54) is 12.1 Å². The number of nitrogens with zero attached hydrogens (tertiary/aromatic N) is 1. The number of benzene rings is 2. The number of ether oxygens (including phenoxy) is 2. The van der Waals surface area contributed by atoms with Crippen LogP contribution in [0, 0.1) is 0 Å². The number of sulfonamides is 1. The summed E-state index contributed by atoms with van der Waals surface area (Å²) in [6.07, 6.45) is 0. The summed E-state index contributed by atoms with van der Waals surface area (Å²) in [6.45, 7) is 2.08. The van der Waals surface area contributed by atoms with Gasteiger partial charge in [-0.1, -0.05) is 41.7 Å². The number of nitrogens with one attached hydrogen (secondary N) is 1. The van der Waals surface area contributed by atoms with Crippen LogP contribution in [0.2, 0.25) is 15.1 Å². The maximum atomic E-state index is 13.0. The molecule has 0 aromatic heterocycles. The third kappa shape index (κ3) is 4.90. The van der Waals surface area contributed by atoms with Crippen LogP contribution in [0.1, 0.15) is 6.92 Å². The molecule has 0 unspecified atom stereocenters. The molecule has 2 aromatic carbocycles. The molecule has 0 radical (unpaired) electrons. The van der Waals surface area contributed by atoms with E-state index < -0.39 is 22.5 Å². The normalized spacial score (nSPS) is 13.4. The molecule has 1 N–H and O–H groups in total. The highest BCUT2D eigenvalue weighted by Gasteiger charge is 2.30. The number of rotatable bonds is 6. The van der Waals surface area contributed by atoms with E-state index in [1.54, 1.807) is 25.1 Å². The average Bonchev–Trinajstić information content (AvgIpc) is 2.64. The Morgan fingerprint density at radius 3 is 2.31 bits per heavy atom. The lowest BCUT2D eigenvalue weighted by molar-refractivity contribution is -0.116. The Kier molecular flexibility index (Phi) is 6.80. The molecular weight excluding hydrogens is 463 g/mol. The van der Waals surface area contributed by atoms with Gasteiger partial charge in [0.05, 0.1) is 16.6 Å². The van der Waals surface area contributed by atoms with Gasteiger partial charge in [0.2, 0.25) is 15.9 Å². The van der Waals surface area contributed by atoms with Crippen molar-refractivity contribution in [1.82, 2.24) is 4.31 Å². The number of halogens is 3. The molecule has 1 aliphatic rings. The molecule has 1 aliphatic heterocycles. The Balaban J connectivity index is 1.78. The molecule has 1 heterocycles. The minimum absolute atomic E-state index is 0.0339. The van der Waals surface area contributed by atoms with E-state index in [2.05, 4.69) is 5.32 Å². The van der Waals surface area contributed by atoms with Crippen LogP contribution in [0.3, 0.4) is 0 Å². The van der Waals surface area contributed by atoms with Crippen LogP contribution in [-0.2, 0) is 14.8 Å². The first kappa shape index (κ1) is 22.0. The SMILES string of the molecule is CCN(CC(=O)Nc1ccc2c(c1)OCCO2)S(=O)(=O)c1c(Cl)cc(Cl)cc1Cl. The van der Waals surface area contributed by atoms with Crippen LogP contribution >= 0.6 is 34.8 Å². The Bertz CT molecular complexity index is 1020. The third-order valence-corrected chi connectivity index (χ3v) is 7.12. The van der Waals surface area contributed by atoms with Crippen molar-refractivity contribution in [2.75, 3.05) is 31.6 Å².